The molecule has 3 rings (SSSR count). The van der Waals surface area contributed by atoms with Gasteiger partial charge in [-0.2, -0.15) is 13.2 Å². The fourth-order valence-corrected chi connectivity index (χ4v) is 3.75. The molecule has 6 heteroatoms. The monoisotopic (exact) mass is 288 g/mol. The molecule has 0 aromatic heterocycles. The topological polar surface area (TPSA) is 38.0 Å². The van der Waals surface area contributed by atoms with Crippen LogP contribution < -0.4 is 11.3 Å². The molecule has 20 heavy (non-hydrogen) atoms. The van der Waals surface area contributed by atoms with Gasteiger partial charge < -0.3 is 0 Å². The fourth-order valence-electron chi connectivity index (χ4n) is 3.75. The minimum absolute atomic E-state index is 0.278. The van der Waals surface area contributed by atoms with Crippen LogP contribution in [0.3, 0.4) is 0 Å². The average Bonchev–Trinajstić information content (AvgIpc) is 2.84. The van der Waals surface area contributed by atoms with Crippen LogP contribution in [-0.2, 0) is 6.18 Å². The summed E-state index contributed by atoms with van der Waals surface area (Å²) in [5.74, 6) is 5.66. The second kappa shape index (κ2) is 4.70. The third kappa shape index (κ3) is 2.20. The summed E-state index contributed by atoms with van der Waals surface area (Å²) in [5, 5.41) is 0. The lowest BCUT2D eigenvalue weighted by molar-refractivity contribution is -0.140. The summed E-state index contributed by atoms with van der Waals surface area (Å²) in [6.45, 7) is 0. The van der Waals surface area contributed by atoms with Crippen molar-refractivity contribution in [1.29, 1.82) is 0 Å². The maximum Gasteiger partial charge on any atom is 0.419 e. The Balaban J connectivity index is 1.89. The van der Waals surface area contributed by atoms with Crippen molar-refractivity contribution in [2.24, 2.45) is 23.6 Å². The Bertz CT molecular complexity index is 504. The van der Waals surface area contributed by atoms with E-state index in [0.29, 0.717) is 17.4 Å². The van der Waals surface area contributed by atoms with Crippen molar-refractivity contribution in [3.05, 3.63) is 35.1 Å². The van der Waals surface area contributed by atoms with Crippen molar-refractivity contribution in [1.82, 2.24) is 5.43 Å². The summed E-state index contributed by atoms with van der Waals surface area (Å²) < 4.78 is 51.6. The molecule has 2 aliphatic carbocycles. The van der Waals surface area contributed by atoms with Gasteiger partial charge in [-0.25, -0.2) is 4.39 Å². The smallest absolute Gasteiger partial charge is 0.271 e. The SMILES string of the molecule is NNC(c1ccc(F)c(C(F)(F)F)c1)C1C2CCCC21. The summed E-state index contributed by atoms with van der Waals surface area (Å²) in [7, 11) is 0. The summed E-state index contributed by atoms with van der Waals surface area (Å²) in [6, 6.07) is 2.82. The van der Waals surface area contributed by atoms with Gasteiger partial charge in [0.1, 0.15) is 5.82 Å². The molecule has 1 aromatic rings. The molecule has 0 bridgehead atoms. The van der Waals surface area contributed by atoms with Crippen LogP contribution in [0.15, 0.2) is 18.2 Å². The van der Waals surface area contributed by atoms with E-state index < -0.39 is 17.6 Å². The van der Waals surface area contributed by atoms with Crippen LogP contribution in [0.5, 0.6) is 0 Å². The fraction of sp³-hybridized carbons (Fsp3) is 0.571. The Kier molecular flexibility index (Phi) is 3.25. The second-order valence-corrected chi connectivity index (χ2v) is 5.72. The lowest BCUT2D eigenvalue weighted by atomic mass is 9.96. The third-order valence-corrected chi connectivity index (χ3v) is 4.69. The van der Waals surface area contributed by atoms with Gasteiger partial charge in [-0.15, -0.1) is 0 Å². The van der Waals surface area contributed by atoms with E-state index in [4.69, 9.17) is 5.84 Å². The first kappa shape index (κ1) is 13.8. The van der Waals surface area contributed by atoms with Gasteiger partial charge in [0.15, 0.2) is 0 Å². The van der Waals surface area contributed by atoms with Gasteiger partial charge in [-0.3, -0.25) is 11.3 Å². The number of nitrogens with one attached hydrogen (secondary N) is 1. The highest BCUT2D eigenvalue weighted by Crippen LogP contribution is 2.62. The molecule has 1 aromatic carbocycles. The number of hydrogen-bond donors (Lipinski definition) is 2. The average molecular weight is 288 g/mol. The summed E-state index contributed by atoms with van der Waals surface area (Å²) in [4.78, 5) is 0. The molecule has 2 aliphatic rings. The number of hydrogen-bond acceptors (Lipinski definition) is 2. The number of fused-ring (bicyclic) bond motifs is 1. The van der Waals surface area contributed by atoms with Gasteiger partial charge in [0.2, 0.25) is 0 Å². The van der Waals surface area contributed by atoms with Gasteiger partial charge in [0, 0.05) is 6.04 Å². The Morgan fingerprint density at radius 2 is 1.85 bits per heavy atom. The Labute approximate surface area is 114 Å². The molecule has 3 atom stereocenters. The quantitative estimate of drug-likeness (QED) is 0.508. The van der Waals surface area contributed by atoms with E-state index >= 15 is 0 Å². The maximum atomic E-state index is 13.3. The molecule has 110 valence electrons. The first-order valence-corrected chi connectivity index (χ1v) is 6.76. The van der Waals surface area contributed by atoms with Crippen LogP contribution in [-0.4, -0.2) is 0 Å². The number of nitrogens with two attached hydrogens (primary N) is 1. The van der Waals surface area contributed by atoms with E-state index in [-0.39, 0.29) is 12.0 Å². The van der Waals surface area contributed by atoms with Crippen molar-refractivity contribution in [2.45, 2.75) is 31.5 Å². The largest absolute Gasteiger partial charge is 0.419 e. The normalized spacial score (nSPS) is 30.1. The van der Waals surface area contributed by atoms with E-state index in [2.05, 4.69) is 5.43 Å². The number of rotatable bonds is 3. The minimum atomic E-state index is -4.68. The zero-order valence-electron chi connectivity index (χ0n) is 10.8. The molecule has 2 fully saturated rings. The molecule has 0 saturated heterocycles. The highest BCUT2D eigenvalue weighted by atomic mass is 19.4. The first-order chi connectivity index (χ1) is 9.43. The van der Waals surface area contributed by atoms with Crippen LogP contribution in [0, 0.1) is 23.6 Å². The zero-order chi connectivity index (χ0) is 14.5. The number of hydrazine groups is 1. The number of halogens is 4. The molecule has 0 aliphatic heterocycles. The lowest BCUT2D eigenvalue weighted by Gasteiger charge is -2.20. The Hall–Kier alpha value is -1.14. The molecule has 0 heterocycles. The van der Waals surface area contributed by atoms with E-state index in [1.807, 2.05) is 0 Å². The van der Waals surface area contributed by atoms with Crippen molar-refractivity contribution in [3.8, 4) is 0 Å². The Morgan fingerprint density at radius 3 is 2.40 bits per heavy atom. The highest BCUT2D eigenvalue weighted by molar-refractivity contribution is 5.31. The zero-order valence-corrected chi connectivity index (χ0v) is 10.8. The standard InChI is InChI=1S/C14H16F4N2/c15-11-5-4-7(6-10(11)14(16,17)18)13(20-19)12-8-2-1-3-9(8)12/h4-6,8-9,12-13,20H,1-3,19H2. The van der Waals surface area contributed by atoms with Gasteiger partial charge in [0.25, 0.3) is 0 Å². The molecule has 2 saturated carbocycles. The van der Waals surface area contributed by atoms with Crippen molar-refractivity contribution in [3.63, 3.8) is 0 Å². The van der Waals surface area contributed by atoms with Gasteiger partial charge in [-0.05, 0) is 48.3 Å². The van der Waals surface area contributed by atoms with Crippen molar-refractivity contribution < 1.29 is 17.6 Å². The molecular weight excluding hydrogens is 272 g/mol. The van der Waals surface area contributed by atoms with E-state index in [0.717, 1.165) is 25.0 Å². The van der Waals surface area contributed by atoms with E-state index in [1.165, 1.54) is 12.5 Å². The highest BCUT2D eigenvalue weighted by Gasteiger charge is 2.56. The van der Waals surface area contributed by atoms with Crippen molar-refractivity contribution >= 4 is 0 Å². The number of alkyl halides is 3. The molecule has 2 nitrogen and oxygen atoms in total. The van der Waals surface area contributed by atoms with Crippen LogP contribution in [0.2, 0.25) is 0 Å². The van der Waals surface area contributed by atoms with Crippen LogP contribution in [0.4, 0.5) is 17.6 Å². The molecule has 0 radical (unpaired) electrons. The predicted molar refractivity (Wildman–Crippen MR) is 65.8 cm³/mol. The molecule has 0 spiro atoms. The van der Waals surface area contributed by atoms with Gasteiger partial charge >= 0.3 is 6.18 Å². The van der Waals surface area contributed by atoms with Crippen LogP contribution >= 0.6 is 0 Å². The first-order valence-electron chi connectivity index (χ1n) is 6.76. The lowest BCUT2D eigenvalue weighted by Crippen LogP contribution is -2.31. The number of benzene rings is 1. The molecule has 3 N–H and O–H groups in total. The predicted octanol–water partition coefficient (Wildman–Crippen LogP) is 3.40. The molecular formula is C14H16F4N2. The summed E-state index contributed by atoms with van der Waals surface area (Å²) in [6.07, 6.45) is -1.28. The van der Waals surface area contributed by atoms with Gasteiger partial charge in [-0.1, -0.05) is 12.5 Å². The van der Waals surface area contributed by atoms with Crippen LogP contribution in [0.1, 0.15) is 36.4 Å². The van der Waals surface area contributed by atoms with E-state index in [1.54, 1.807) is 0 Å². The Morgan fingerprint density at radius 1 is 1.20 bits per heavy atom. The van der Waals surface area contributed by atoms with Crippen molar-refractivity contribution in [2.75, 3.05) is 0 Å². The minimum Gasteiger partial charge on any atom is -0.271 e. The van der Waals surface area contributed by atoms with E-state index in [9.17, 15) is 17.6 Å². The van der Waals surface area contributed by atoms with Crippen LogP contribution in [0.25, 0.3) is 0 Å². The molecule has 3 unspecified atom stereocenters. The molecule has 0 amide bonds. The third-order valence-electron chi connectivity index (χ3n) is 4.69. The van der Waals surface area contributed by atoms with Gasteiger partial charge in [0.05, 0.1) is 5.56 Å². The second-order valence-electron chi connectivity index (χ2n) is 5.72. The maximum absolute atomic E-state index is 13.3. The summed E-state index contributed by atoms with van der Waals surface area (Å²) >= 11 is 0. The summed E-state index contributed by atoms with van der Waals surface area (Å²) in [5.41, 5.74) is 1.81.